The summed E-state index contributed by atoms with van der Waals surface area (Å²) in [5, 5.41) is 14.0. The second-order valence-corrected chi connectivity index (χ2v) is 7.66. The van der Waals surface area contributed by atoms with E-state index in [4.69, 9.17) is 16.0 Å². The van der Waals surface area contributed by atoms with Crippen LogP contribution in [-0.2, 0) is 4.79 Å². The van der Waals surface area contributed by atoms with Gasteiger partial charge in [-0.2, -0.15) is 5.26 Å². The number of carbonyl (C=O) groups excluding carboxylic acids is 2. The minimum absolute atomic E-state index is 0.0817. The Bertz CT molecular complexity index is 1010. The van der Waals surface area contributed by atoms with Crippen LogP contribution < -0.4 is 5.32 Å². The Morgan fingerprint density at radius 3 is 2.57 bits per heavy atom. The lowest BCUT2D eigenvalue weighted by atomic mass is 9.84. The molecule has 1 atom stereocenters. The Morgan fingerprint density at radius 2 is 2.00 bits per heavy atom. The number of thioether (sulfide) groups is 1. The molecule has 7 heteroatoms. The third-order valence-corrected chi connectivity index (χ3v) is 5.64. The Morgan fingerprint density at radius 1 is 1.29 bits per heavy atom. The summed E-state index contributed by atoms with van der Waals surface area (Å²) < 4.78 is 5.50. The van der Waals surface area contributed by atoms with Gasteiger partial charge < -0.3 is 9.73 Å². The molecule has 0 aliphatic carbocycles. The van der Waals surface area contributed by atoms with Crippen LogP contribution in [0.2, 0.25) is 5.02 Å². The molecule has 0 fully saturated rings. The zero-order valence-corrected chi connectivity index (χ0v) is 16.9. The van der Waals surface area contributed by atoms with E-state index in [0.717, 1.165) is 0 Å². The Balaban J connectivity index is 1.90. The van der Waals surface area contributed by atoms with Gasteiger partial charge in [-0.25, -0.2) is 0 Å². The molecule has 2 aromatic rings. The van der Waals surface area contributed by atoms with Crippen LogP contribution in [0.25, 0.3) is 0 Å². The first-order valence-corrected chi connectivity index (χ1v) is 9.86. The summed E-state index contributed by atoms with van der Waals surface area (Å²) in [6.07, 6.45) is 1.51. The maximum atomic E-state index is 12.5. The Hall–Kier alpha value is -2.75. The van der Waals surface area contributed by atoms with E-state index in [1.54, 1.807) is 43.3 Å². The first-order chi connectivity index (χ1) is 13.4. The maximum absolute atomic E-state index is 12.5. The van der Waals surface area contributed by atoms with Crippen molar-refractivity contribution in [2.24, 2.45) is 0 Å². The fraction of sp³-hybridized carbons (Fsp3) is 0.190. The van der Waals surface area contributed by atoms with Crippen molar-refractivity contribution in [3.8, 4) is 6.07 Å². The number of dihydropyridines is 1. The van der Waals surface area contributed by atoms with Gasteiger partial charge in [0.05, 0.1) is 34.6 Å². The largest absolute Gasteiger partial charge is 0.468 e. The van der Waals surface area contributed by atoms with Gasteiger partial charge in [0.15, 0.2) is 11.6 Å². The monoisotopic (exact) mass is 412 g/mol. The van der Waals surface area contributed by atoms with E-state index in [1.807, 2.05) is 0 Å². The normalized spacial score (nSPS) is 16.6. The highest BCUT2D eigenvalue weighted by Crippen LogP contribution is 2.41. The molecule has 1 aliphatic rings. The number of carbonyl (C=O) groups is 2. The van der Waals surface area contributed by atoms with Gasteiger partial charge in [0.25, 0.3) is 0 Å². The molecule has 0 unspecified atom stereocenters. The van der Waals surface area contributed by atoms with Gasteiger partial charge in [0, 0.05) is 21.9 Å². The van der Waals surface area contributed by atoms with Crippen LogP contribution in [-0.4, -0.2) is 17.3 Å². The average molecular weight is 413 g/mol. The summed E-state index contributed by atoms with van der Waals surface area (Å²) in [5.74, 6) is -0.151. The molecule has 1 aliphatic heterocycles. The molecule has 3 rings (SSSR count). The van der Waals surface area contributed by atoms with Crippen LogP contribution in [0.5, 0.6) is 0 Å². The van der Waals surface area contributed by atoms with E-state index in [2.05, 4.69) is 11.4 Å². The summed E-state index contributed by atoms with van der Waals surface area (Å²) in [6.45, 7) is 3.25. The van der Waals surface area contributed by atoms with Gasteiger partial charge >= 0.3 is 0 Å². The summed E-state index contributed by atoms with van der Waals surface area (Å²) in [6, 6.07) is 12.3. The van der Waals surface area contributed by atoms with Gasteiger partial charge in [-0.3, -0.25) is 9.59 Å². The highest BCUT2D eigenvalue weighted by molar-refractivity contribution is 8.03. The van der Waals surface area contributed by atoms with Crippen molar-refractivity contribution < 1.29 is 14.0 Å². The highest BCUT2D eigenvalue weighted by atomic mass is 35.5. The molecule has 0 radical (unpaired) electrons. The third-order valence-electron chi connectivity index (χ3n) is 4.37. The first kappa shape index (κ1) is 20.0. The minimum Gasteiger partial charge on any atom is -0.468 e. The predicted molar refractivity (Wildman–Crippen MR) is 109 cm³/mol. The molecule has 2 heterocycles. The highest BCUT2D eigenvalue weighted by Gasteiger charge is 2.34. The number of rotatable bonds is 6. The number of furan rings is 1. The summed E-state index contributed by atoms with van der Waals surface area (Å²) >= 11 is 7.09. The van der Waals surface area contributed by atoms with Crippen molar-refractivity contribution in [3.63, 3.8) is 0 Å². The number of Topliss-reactive ketones (excluding diaryl/α,β-unsaturated/α-hetero) is 2. The molecular formula is C21H17ClN2O3S. The molecule has 1 N–H and O–H groups in total. The van der Waals surface area contributed by atoms with Crippen LogP contribution in [0.4, 0.5) is 0 Å². The third kappa shape index (κ3) is 4.06. The fourth-order valence-electron chi connectivity index (χ4n) is 3.09. The van der Waals surface area contributed by atoms with Crippen LogP contribution >= 0.6 is 23.4 Å². The van der Waals surface area contributed by atoms with Crippen molar-refractivity contribution in [2.75, 3.05) is 5.75 Å². The molecule has 1 aromatic carbocycles. The molecule has 5 nitrogen and oxygen atoms in total. The molecule has 0 saturated heterocycles. The van der Waals surface area contributed by atoms with E-state index >= 15 is 0 Å². The van der Waals surface area contributed by atoms with Crippen molar-refractivity contribution in [3.05, 3.63) is 80.9 Å². The SMILES string of the molecule is CC(=O)C1=C(C)NC(SCC(=O)c2ccc(Cl)cc2)=C(C#N)[C@@H]1c1ccco1. The van der Waals surface area contributed by atoms with Crippen molar-refractivity contribution in [1.29, 1.82) is 5.26 Å². The summed E-state index contributed by atoms with van der Waals surface area (Å²) in [7, 11) is 0. The molecule has 0 saturated carbocycles. The summed E-state index contributed by atoms with van der Waals surface area (Å²) in [4.78, 5) is 24.7. The summed E-state index contributed by atoms with van der Waals surface area (Å²) in [5.41, 5.74) is 2.04. The molecule has 0 spiro atoms. The van der Waals surface area contributed by atoms with Gasteiger partial charge in [-0.05, 0) is 50.2 Å². The van der Waals surface area contributed by atoms with Crippen LogP contribution in [0, 0.1) is 11.3 Å². The predicted octanol–water partition coefficient (Wildman–Crippen LogP) is 4.83. The lowest BCUT2D eigenvalue weighted by Gasteiger charge is -2.27. The number of ketones is 2. The van der Waals surface area contributed by atoms with Gasteiger partial charge in [0.1, 0.15) is 5.76 Å². The quantitative estimate of drug-likeness (QED) is 0.684. The topological polar surface area (TPSA) is 83.1 Å². The number of nitrogens with zero attached hydrogens (tertiary/aromatic N) is 1. The molecule has 142 valence electrons. The molecular weight excluding hydrogens is 396 g/mol. The standard InChI is InChI=1S/C21H17ClN2O3S/c1-12-19(13(2)25)20(18-4-3-9-27-18)16(10-23)21(24-12)28-11-17(26)14-5-7-15(22)8-6-14/h3-9,20,24H,11H2,1-2H3/t20-/m1/s1. The van der Waals surface area contributed by atoms with E-state index in [9.17, 15) is 14.9 Å². The van der Waals surface area contributed by atoms with E-state index in [1.165, 1.54) is 24.9 Å². The number of benzene rings is 1. The number of allylic oxidation sites excluding steroid dienone is 3. The number of hydrogen-bond donors (Lipinski definition) is 1. The second-order valence-electron chi connectivity index (χ2n) is 6.24. The fourth-order valence-corrected chi connectivity index (χ4v) is 4.20. The zero-order valence-electron chi connectivity index (χ0n) is 15.3. The lowest BCUT2D eigenvalue weighted by molar-refractivity contribution is -0.113. The number of nitriles is 1. The van der Waals surface area contributed by atoms with Gasteiger partial charge in [-0.15, -0.1) is 0 Å². The Labute approximate surface area is 172 Å². The van der Waals surface area contributed by atoms with E-state index in [0.29, 0.717) is 38.2 Å². The number of hydrogen-bond acceptors (Lipinski definition) is 6. The molecule has 1 aromatic heterocycles. The van der Waals surface area contributed by atoms with E-state index in [-0.39, 0.29) is 17.3 Å². The lowest BCUT2D eigenvalue weighted by Crippen LogP contribution is -2.27. The molecule has 28 heavy (non-hydrogen) atoms. The van der Waals surface area contributed by atoms with Crippen LogP contribution in [0.3, 0.4) is 0 Å². The van der Waals surface area contributed by atoms with Gasteiger partial charge in [0.2, 0.25) is 0 Å². The minimum atomic E-state index is -0.591. The second kappa shape index (κ2) is 8.51. The smallest absolute Gasteiger partial charge is 0.173 e. The van der Waals surface area contributed by atoms with Crippen molar-refractivity contribution >= 4 is 34.9 Å². The Kier molecular flexibility index (Phi) is 6.08. The van der Waals surface area contributed by atoms with Crippen LogP contribution in [0.1, 0.15) is 35.9 Å². The van der Waals surface area contributed by atoms with Crippen molar-refractivity contribution in [1.82, 2.24) is 5.32 Å². The zero-order chi connectivity index (χ0) is 20.3. The van der Waals surface area contributed by atoms with Gasteiger partial charge in [-0.1, -0.05) is 23.4 Å². The number of halogens is 1. The molecule has 0 bridgehead atoms. The average Bonchev–Trinajstić information content (AvgIpc) is 3.20. The number of nitrogens with one attached hydrogen (secondary N) is 1. The van der Waals surface area contributed by atoms with Crippen LogP contribution in [0.15, 0.2) is 69.0 Å². The van der Waals surface area contributed by atoms with Crippen molar-refractivity contribution in [2.45, 2.75) is 19.8 Å². The first-order valence-electron chi connectivity index (χ1n) is 8.50. The van der Waals surface area contributed by atoms with E-state index < -0.39 is 5.92 Å². The maximum Gasteiger partial charge on any atom is 0.173 e. The molecule has 0 amide bonds.